The van der Waals surface area contributed by atoms with E-state index in [4.69, 9.17) is 9.72 Å². The van der Waals surface area contributed by atoms with Gasteiger partial charge >= 0.3 is 0 Å². The Hall–Kier alpha value is -1.43. The van der Waals surface area contributed by atoms with Gasteiger partial charge in [-0.2, -0.15) is 0 Å². The highest BCUT2D eigenvalue weighted by Crippen LogP contribution is 2.28. The summed E-state index contributed by atoms with van der Waals surface area (Å²) in [5, 5.41) is 3.52. The molecule has 22 heavy (non-hydrogen) atoms. The van der Waals surface area contributed by atoms with Gasteiger partial charge in [0.2, 0.25) is 0 Å². The normalized spacial score (nSPS) is 23.2. The second-order valence-electron chi connectivity index (χ2n) is 6.43. The molecule has 5 nitrogen and oxygen atoms in total. The van der Waals surface area contributed by atoms with Gasteiger partial charge in [-0.3, -0.25) is 4.90 Å². The van der Waals surface area contributed by atoms with Crippen LogP contribution in [0.4, 0.5) is 0 Å². The summed E-state index contributed by atoms with van der Waals surface area (Å²) in [4.78, 5) is 7.29. The fourth-order valence-corrected chi connectivity index (χ4v) is 3.34. The summed E-state index contributed by atoms with van der Waals surface area (Å²) < 4.78 is 8.05. The van der Waals surface area contributed by atoms with E-state index in [0.717, 1.165) is 50.2 Å². The van der Waals surface area contributed by atoms with Crippen LogP contribution >= 0.6 is 0 Å². The molecular formula is C17H24N4O. The molecule has 2 aliphatic rings. The predicted molar refractivity (Wildman–Crippen MR) is 86.8 cm³/mol. The van der Waals surface area contributed by atoms with Crippen molar-refractivity contribution in [2.75, 3.05) is 26.2 Å². The second-order valence-corrected chi connectivity index (χ2v) is 6.43. The number of imidazole rings is 1. The SMILES string of the molecule is Cn1c(CNCC2CN(C3CC3)CCO2)nc2ccccc21. The zero-order valence-electron chi connectivity index (χ0n) is 13.2. The third-order valence-electron chi connectivity index (χ3n) is 4.77. The molecule has 1 aromatic heterocycles. The number of hydrogen-bond acceptors (Lipinski definition) is 4. The van der Waals surface area contributed by atoms with E-state index in [2.05, 4.69) is 40.0 Å². The Morgan fingerprint density at radius 1 is 1.32 bits per heavy atom. The van der Waals surface area contributed by atoms with E-state index >= 15 is 0 Å². The molecule has 1 aliphatic carbocycles. The molecule has 1 unspecified atom stereocenters. The van der Waals surface area contributed by atoms with Crippen LogP contribution in [0.25, 0.3) is 11.0 Å². The summed E-state index contributed by atoms with van der Waals surface area (Å²) in [5.41, 5.74) is 2.25. The number of benzene rings is 1. The number of aryl methyl sites for hydroxylation is 1. The zero-order valence-corrected chi connectivity index (χ0v) is 13.2. The van der Waals surface area contributed by atoms with Crippen molar-refractivity contribution in [3.8, 4) is 0 Å². The highest BCUT2D eigenvalue weighted by Gasteiger charge is 2.32. The number of nitrogens with zero attached hydrogens (tertiary/aromatic N) is 3. The molecule has 0 bridgehead atoms. The smallest absolute Gasteiger partial charge is 0.123 e. The molecule has 0 radical (unpaired) electrons. The van der Waals surface area contributed by atoms with E-state index in [-0.39, 0.29) is 0 Å². The van der Waals surface area contributed by atoms with Crippen molar-refractivity contribution in [1.29, 1.82) is 0 Å². The van der Waals surface area contributed by atoms with Crippen molar-refractivity contribution in [2.24, 2.45) is 7.05 Å². The molecular weight excluding hydrogens is 276 g/mol. The first-order valence-electron chi connectivity index (χ1n) is 8.28. The summed E-state index contributed by atoms with van der Waals surface area (Å²) in [7, 11) is 2.08. The number of fused-ring (bicyclic) bond motifs is 1. The summed E-state index contributed by atoms with van der Waals surface area (Å²) in [6, 6.07) is 9.12. The molecule has 1 N–H and O–H groups in total. The van der Waals surface area contributed by atoms with E-state index in [9.17, 15) is 0 Å². The minimum absolute atomic E-state index is 0.309. The summed E-state index contributed by atoms with van der Waals surface area (Å²) in [6.07, 6.45) is 3.06. The first kappa shape index (κ1) is 14.2. The molecule has 118 valence electrons. The van der Waals surface area contributed by atoms with Gasteiger partial charge in [-0.05, 0) is 25.0 Å². The number of ether oxygens (including phenoxy) is 1. The van der Waals surface area contributed by atoms with Crippen LogP contribution in [0.1, 0.15) is 18.7 Å². The Kier molecular flexibility index (Phi) is 3.86. The molecule has 2 heterocycles. The van der Waals surface area contributed by atoms with Crippen LogP contribution < -0.4 is 5.32 Å². The largest absolute Gasteiger partial charge is 0.374 e. The van der Waals surface area contributed by atoms with Crippen molar-refractivity contribution in [1.82, 2.24) is 19.8 Å². The van der Waals surface area contributed by atoms with E-state index in [1.54, 1.807) is 0 Å². The number of aromatic nitrogens is 2. The maximum absolute atomic E-state index is 5.88. The van der Waals surface area contributed by atoms with Gasteiger partial charge in [-0.1, -0.05) is 12.1 Å². The molecule has 1 saturated heterocycles. The molecule has 2 fully saturated rings. The molecule has 1 saturated carbocycles. The summed E-state index contributed by atoms with van der Waals surface area (Å²) in [6.45, 7) is 4.72. The van der Waals surface area contributed by atoms with E-state index < -0.39 is 0 Å². The first-order valence-corrected chi connectivity index (χ1v) is 8.28. The van der Waals surface area contributed by atoms with Crippen molar-refractivity contribution >= 4 is 11.0 Å². The minimum Gasteiger partial charge on any atom is -0.374 e. The van der Waals surface area contributed by atoms with Crippen LogP contribution in [-0.4, -0.2) is 52.8 Å². The molecule has 1 aromatic carbocycles. The maximum Gasteiger partial charge on any atom is 0.123 e. The van der Waals surface area contributed by atoms with E-state index in [0.29, 0.717) is 6.10 Å². The van der Waals surface area contributed by atoms with Gasteiger partial charge in [-0.15, -0.1) is 0 Å². The number of nitrogens with one attached hydrogen (secondary N) is 1. The van der Waals surface area contributed by atoms with E-state index in [1.165, 1.54) is 18.4 Å². The lowest BCUT2D eigenvalue weighted by atomic mass is 10.2. The highest BCUT2D eigenvalue weighted by molar-refractivity contribution is 5.75. The van der Waals surface area contributed by atoms with Gasteiger partial charge in [0.05, 0.1) is 30.3 Å². The molecule has 1 atom stereocenters. The van der Waals surface area contributed by atoms with Gasteiger partial charge < -0.3 is 14.6 Å². The molecule has 4 rings (SSSR count). The maximum atomic E-state index is 5.88. The molecule has 5 heteroatoms. The zero-order chi connectivity index (χ0) is 14.9. The van der Waals surface area contributed by atoms with Crippen LogP contribution in [-0.2, 0) is 18.3 Å². The monoisotopic (exact) mass is 300 g/mol. The lowest BCUT2D eigenvalue weighted by molar-refractivity contribution is -0.0302. The Bertz CT molecular complexity index is 649. The van der Waals surface area contributed by atoms with Crippen LogP contribution in [0.5, 0.6) is 0 Å². The van der Waals surface area contributed by atoms with Gasteiger partial charge in [-0.25, -0.2) is 4.98 Å². The van der Waals surface area contributed by atoms with Crippen molar-refractivity contribution in [3.63, 3.8) is 0 Å². The van der Waals surface area contributed by atoms with Crippen LogP contribution in [0.2, 0.25) is 0 Å². The van der Waals surface area contributed by atoms with Gasteiger partial charge in [0.15, 0.2) is 0 Å². The number of rotatable bonds is 5. The van der Waals surface area contributed by atoms with Gasteiger partial charge in [0.25, 0.3) is 0 Å². The third kappa shape index (κ3) is 2.89. The summed E-state index contributed by atoms with van der Waals surface area (Å²) >= 11 is 0. The average Bonchev–Trinajstić information content (AvgIpc) is 3.35. The predicted octanol–water partition coefficient (Wildman–Crippen LogP) is 1.53. The first-order chi connectivity index (χ1) is 10.8. The fourth-order valence-electron chi connectivity index (χ4n) is 3.34. The minimum atomic E-state index is 0.309. The highest BCUT2D eigenvalue weighted by atomic mass is 16.5. The second kappa shape index (κ2) is 5.99. The lowest BCUT2D eigenvalue weighted by Crippen LogP contribution is -2.47. The van der Waals surface area contributed by atoms with Crippen LogP contribution in [0, 0.1) is 0 Å². The van der Waals surface area contributed by atoms with Crippen molar-refractivity contribution < 1.29 is 4.74 Å². The quantitative estimate of drug-likeness (QED) is 0.909. The Morgan fingerprint density at radius 3 is 3.00 bits per heavy atom. The van der Waals surface area contributed by atoms with E-state index in [1.807, 2.05) is 6.07 Å². The molecule has 2 aromatic rings. The fraction of sp³-hybridized carbons (Fsp3) is 0.588. The Balaban J connectivity index is 1.33. The third-order valence-corrected chi connectivity index (χ3v) is 4.77. The number of para-hydroxylation sites is 2. The Labute approximate surface area is 131 Å². The van der Waals surface area contributed by atoms with Crippen molar-refractivity contribution in [3.05, 3.63) is 30.1 Å². The topological polar surface area (TPSA) is 42.3 Å². The molecule has 0 amide bonds. The average molecular weight is 300 g/mol. The van der Waals surface area contributed by atoms with Crippen molar-refractivity contribution in [2.45, 2.75) is 31.5 Å². The Morgan fingerprint density at radius 2 is 2.18 bits per heavy atom. The number of morpholine rings is 1. The van der Waals surface area contributed by atoms with Crippen LogP contribution in [0.3, 0.4) is 0 Å². The standard InChI is InChI=1S/C17H24N4O/c1-20-16-5-3-2-4-15(16)19-17(20)11-18-10-14-12-21(8-9-22-14)13-6-7-13/h2-5,13-14,18H,6-12H2,1H3. The molecule has 0 spiro atoms. The molecule has 1 aliphatic heterocycles. The number of hydrogen-bond donors (Lipinski definition) is 1. The van der Waals surface area contributed by atoms with Gasteiger partial charge in [0.1, 0.15) is 5.82 Å². The van der Waals surface area contributed by atoms with Gasteiger partial charge in [0, 0.05) is 32.7 Å². The van der Waals surface area contributed by atoms with Crippen LogP contribution in [0.15, 0.2) is 24.3 Å². The summed E-state index contributed by atoms with van der Waals surface area (Å²) in [5.74, 6) is 1.08. The lowest BCUT2D eigenvalue weighted by Gasteiger charge is -2.33.